The predicted octanol–water partition coefficient (Wildman–Crippen LogP) is 3.74. The Morgan fingerprint density at radius 1 is 1.14 bits per heavy atom. The summed E-state index contributed by atoms with van der Waals surface area (Å²) in [7, 11) is 1.63. The summed E-state index contributed by atoms with van der Waals surface area (Å²) in [4.78, 5) is 24.4. The number of rotatable bonds is 3. The van der Waals surface area contributed by atoms with Gasteiger partial charge in [-0.3, -0.25) is 9.59 Å². The van der Waals surface area contributed by atoms with E-state index < -0.39 is 5.41 Å². The highest BCUT2D eigenvalue weighted by molar-refractivity contribution is 6.05. The van der Waals surface area contributed by atoms with Gasteiger partial charge in [-0.05, 0) is 43.0 Å². The van der Waals surface area contributed by atoms with Crippen LogP contribution in [-0.2, 0) is 9.59 Å². The molecule has 0 amide bonds. The van der Waals surface area contributed by atoms with Gasteiger partial charge in [-0.25, -0.2) is 0 Å². The van der Waals surface area contributed by atoms with E-state index in [4.69, 9.17) is 4.74 Å². The highest BCUT2D eigenvalue weighted by atomic mass is 16.5. The number of hydrogen-bond donors (Lipinski definition) is 0. The molecule has 3 rings (SSSR count). The normalized spacial score (nSPS) is 25.0. The van der Waals surface area contributed by atoms with Crippen molar-refractivity contribution in [2.45, 2.75) is 32.6 Å². The molecule has 114 valence electrons. The Bertz CT molecular complexity index is 696. The fourth-order valence-corrected chi connectivity index (χ4v) is 3.47. The fraction of sp³-hybridized carbons (Fsp3) is 0.368. The molecule has 0 aliphatic heterocycles. The molecule has 2 aliphatic rings. The van der Waals surface area contributed by atoms with Crippen LogP contribution in [-0.4, -0.2) is 18.7 Å². The van der Waals surface area contributed by atoms with Crippen molar-refractivity contribution in [1.82, 2.24) is 0 Å². The van der Waals surface area contributed by atoms with Crippen molar-refractivity contribution in [2.75, 3.05) is 7.11 Å². The maximum absolute atomic E-state index is 12.3. The van der Waals surface area contributed by atoms with Crippen molar-refractivity contribution in [3.63, 3.8) is 0 Å². The Morgan fingerprint density at radius 3 is 2.73 bits per heavy atom. The third kappa shape index (κ3) is 2.41. The molecule has 1 atom stereocenters. The molecule has 3 nitrogen and oxygen atoms in total. The van der Waals surface area contributed by atoms with E-state index in [0.29, 0.717) is 19.3 Å². The van der Waals surface area contributed by atoms with Crippen LogP contribution in [0.1, 0.15) is 38.2 Å². The Morgan fingerprint density at radius 2 is 1.95 bits per heavy atom. The first-order valence-corrected chi connectivity index (χ1v) is 7.67. The van der Waals surface area contributed by atoms with Crippen LogP contribution in [0.3, 0.4) is 0 Å². The topological polar surface area (TPSA) is 43.4 Å². The van der Waals surface area contributed by atoms with Gasteiger partial charge in [0.2, 0.25) is 0 Å². The van der Waals surface area contributed by atoms with E-state index in [-0.39, 0.29) is 11.6 Å². The molecule has 1 fully saturated rings. The molecule has 2 aliphatic carbocycles. The third-order valence-electron chi connectivity index (χ3n) is 4.90. The van der Waals surface area contributed by atoms with Crippen LogP contribution in [0.2, 0.25) is 0 Å². The van der Waals surface area contributed by atoms with Crippen LogP contribution in [0, 0.1) is 5.41 Å². The number of carbonyl (C=O) groups is 2. The second-order valence-corrected chi connectivity index (χ2v) is 6.18. The number of benzene rings is 1. The number of ketones is 2. The van der Waals surface area contributed by atoms with Gasteiger partial charge in [0.25, 0.3) is 0 Å². The van der Waals surface area contributed by atoms with Gasteiger partial charge in [-0.15, -0.1) is 0 Å². The minimum absolute atomic E-state index is 0.154. The summed E-state index contributed by atoms with van der Waals surface area (Å²) < 4.78 is 5.21. The molecule has 0 aromatic heterocycles. The number of Topliss-reactive ketones (excluding diaryl/α,β-unsaturated/α-hetero) is 2. The molecule has 1 aromatic rings. The standard InChI is InChI=1S/C19H20O3/c1-19-11-10-17(20)15(16(19)8-9-18(19)21)7-6-13-4-3-5-14(12-13)22-2/h3-7,12H,8-11H2,1-2H3/t19-/m0/s1. The Labute approximate surface area is 130 Å². The maximum Gasteiger partial charge on any atom is 0.162 e. The number of methoxy groups -OCH3 is 1. The van der Waals surface area contributed by atoms with Crippen molar-refractivity contribution < 1.29 is 14.3 Å². The summed E-state index contributed by atoms with van der Waals surface area (Å²) in [6, 6.07) is 7.70. The van der Waals surface area contributed by atoms with Gasteiger partial charge in [-0.1, -0.05) is 24.3 Å². The molecule has 22 heavy (non-hydrogen) atoms. The number of carbonyl (C=O) groups excluding carboxylic acids is 2. The van der Waals surface area contributed by atoms with Gasteiger partial charge < -0.3 is 4.74 Å². The molecule has 0 radical (unpaired) electrons. The van der Waals surface area contributed by atoms with Crippen LogP contribution in [0.25, 0.3) is 6.08 Å². The van der Waals surface area contributed by atoms with Gasteiger partial charge in [0.05, 0.1) is 7.11 Å². The van der Waals surface area contributed by atoms with Crippen molar-refractivity contribution in [1.29, 1.82) is 0 Å². The lowest BCUT2D eigenvalue weighted by Gasteiger charge is -2.30. The van der Waals surface area contributed by atoms with E-state index in [1.807, 2.05) is 43.3 Å². The van der Waals surface area contributed by atoms with Crippen LogP contribution in [0.5, 0.6) is 5.75 Å². The number of fused-ring (bicyclic) bond motifs is 1. The smallest absolute Gasteiger partial charge is 0.162 e. The second-order valence-electron chi connectivity index (χ2n) is 6.18. The van der Waals surface area contributed by atoms with Crippen LogP contribution in [0.15, 0.2) is 41.5 Å². The van der Waals surface area contributed by atoms with Crippen molar-refractivity contribution in [2.24, 2.45) is 5.41 Å². The maximum atomic E-state index is 12.3. The van der Waals surface area contributed by atoms with E-state index >= 15 is 0 Å². The zero-order chi connectivity index (χ0) is 15.7. The van der Waals surface area contributed by atoms with Gasteiger partial charge in [0, 0.05) is 23.8 Å². The molecule has 0 spiro atoms. The third-order valence-corrected chi connectivity index (χ3v) is 4.90. The molecule has 0 N–H and O–H groups in total. The van der Waals surface area contributed by atoms with E-state index in [2.05, 4.69) is 0 Å². The number of ether oxygens (including phenoxy) is 1. The first-order valence-electron chi connectivity index (χ1n) is 7.67. The average molecular weight is 296 g/mol. The van der Waals surface area contributed by atoms with E-state index in [1.165, 1.54) is 0 Å². The highest BCUT2D eigenvalue weighted by Crippen LogP contribution is 2.48. The summed E-state index contributed by atoms with van der Waals surface area (Å²) in [5.74, 6) is 1.22. The largest absolute Gasteiger partial charge is 0.497 e. The second kappa shape index (κ2) is 5.56. The number of hydrogen-bond acceptors (Lipinski definition) is 3. The molecule has 0 unspecified atom stereocenters. The predicted molar refractivity (Wildman–Crippen MR) is 85.6 cm³/mol. The van der Waals surface area contributed by atoms with E-state index in [1.54, 1.807) is 7.11 Å². The quantitative estimate of drug-likeness (QED) is 0.853. The fourth-order valence-electron chi connectivity index (χ4n) is 3.47. The van der Waals surface area contributed by atoms with E-state index in [9.17, 15) is 9.59 Å². The van der Waals surface area contributed by atoms with Crippen LogP contribution in [0.4, 0.5) is 0 Å². The zero-order valence-corrected chi connectivity index (χ0v) is 13.0. The molecule has 3 heteroatoms. The summed E-state index contributed by atoms with van der Waals surface area (Å²) in [5, 5.41) is 0. The molecule has 1 aromatic carbocycles. The Kier molecular flexibility index (Phi) is 3.73. The molecule has 1 saturated carbocycles. The van der Waals surface area contributed by atoms with Gasteiger partial charge in [0.1, 0.15) is 11.5 Å². The van der Waals surface area contributed by atoms with Gasteiger partial charge >= 0.3 is 0 Å². The van der Waals surface area contributed by atoms with E-state index in [0.717, 1.165) is 28.9 Å². The lowest BCUT2D eigenvalue weighted by molar-refractivity contribution is -0.125. The summed E-state index contributed by atoms with van der Waals surface area (Å²) in [6.45, 7) is 1.99. The van der Waals surface area contributed by atoms with Crippen molar-refractivity contribution in [3.05, 3.63) is 47.1 Å². The first kappa shape index (κ1) is 14.8. The van der Waals surface area contributed by atoms with Crippen LogP contribution >= 0.6 is 0 Å². The van der Waals surface area contributed by atoms with Gasteiger partial charge in [-0.2, -0.15) is 0 Å². The summed E-state index contributed by atoms with van der Waals surface area (Å²) >= 11 is 0. The molecule has 0 saturated heterocycles. The van der Waals surface area contributed by atoms with Gasteiger partial charge in [0.15, 0.2) is 5.78 Å². The minimum Gasteiger partial charge on any atom is -0.497 e. The monoisotopic (exact) mass is 296 g/mol. The molecular weight excluding hydrogens is 276 g/mol. The zero-order valence-electron chi connectivity index (χ0n) is 13.0. The molecule has 0 bridgehead atoms. The first-order chi connectivity index (χ1) is 10.5. The van der Waals surface area contributed by atoms with Crippen LogP contribution < -0.4 is 4.74 Å². The molecular formula is C19H20O3. The highest BCUT2D eigenvalue weighted by Gasteiger charge is 2.46. The molecule has 0 heterocycles. The summed E-state index contributed by atoms with van der Waals surface area (Å²) in [5.41, 5.74) is 2.34. The van der Waals surface area contributed by atoms with Crippen molar-refractivity contribution >= 4 is 17.6 Å². The number of allylic oxidation sites excluding steroid dienone is 3. The van der Waals surface area contributed by atoms with Crippen molar-refractivity contribution in [3.8, 4) is 5.75 Å². The Hall–Kier alpha value is -2.16. The minimum atomic E-state index is -0.415. The SMILES string of the molecule is COc1cccc(C=CC2=C3CCC(=O)[C@@]3(C)CCC2=O)c1. The lowest BCUT2D eigenvalue weighted by atomic mass is 9.72. The summed E-state index contributed by atoms with van der Waals surface area (Å²) in [6.07, 6.45) is 6.22. The Balaban J connectivity index is 1.97. The lowest BCUT2D eigenvalue weighted by Crippen LogP contribution is -2.30. The average Bonchev–Trinajstić information content (AvgIpc) is 2.83.